The Balaban J connectivity index is 2.23. The predicted molar refractivity (Wildman–Crippen MR) is 80.8 cm³/mol. The summed E-state index contributed by atoms with van der Waals surface area (Å²) in [5.41, 5.74) is 0.0203. The Labute approximate surface area is 125 Å². The van der Waals surface area contributed by atoms with Gasteiger partial charge < -0.3 is 5.32 Å². The van der Waals surface area contributed by atoms with E-state index in [0.717, 1.165) is 14.1 Å². The molecule has 1 heterocycles. The fourth-order valence-corrected chi connectivity index (χ4v) is 2.24. The Bertz CT molecular complexity index is 559. The van der Waals surface area contributed by atoms with Crippen molar-refractivity contribution in [1.82, 2.24) is 10.3 Å². The number of imide groups is 1. The summed E-state index contributed by atoms with van der Waals surface area (Å²) in [7, 11) is 0. The monoisotopic (exact) mass is 371 g/mol. The highest BCUT2D eigenvalue weighted by atomic mass is 127. The number of hydrogen-bond acceptors (Lipinski definition) is 3. The molecule has 19 heavy (non-hydrogen) atoms. The highest BCUT2D eigenvalue weighted by molar-refractivity contribution is 14.1. The van der Waals surface area contributed by atoms with Crippen LogP contribution in [0.4, 0.5) is 4.79 Å². The van der Waals surface area contributed by atoms with Crippen molar-refractivity contribution < 1.29 is 9.59 Å². The summed E-state index contributed by atoms with van der Waals surface area (Å²) in [5, 5.41) is 7.55. The van der Waals surface area contributed by atoms with Crippen molar-refractivity contribution in [3.63, 3.8) is 0 Å². The molecule has 0 radical (unpaired) electrons. The topological polar surface area (TPSA) is 61.8 Å². The minimum Gasteiger partial charge on any atom is -0.322 e. The van der Waals surface area contributed by atoms with Gasteiger partial charge >= 0.3 is 6.03 Å². The van der Waals surface area contributed by atoms with E-state index in [1.165, 1.54) is 6.21 Å². The van der Waals surface area contributed by atoms with Crippen LogP contribution in [0.2, 0.25) is 0 Å². The first kappa shape index (κ1) is 14.0. The van der Waals surface area contributed by atoms with Gasteiger partial charge in [0.2, 0.25) is 0 Å². The van der Waals surface area contributed by atoms with Gasteiger partial charge in [0.25, 0.3) is 5.91 Å². The van der Waals surface area contributed by atoms with Crippen molar-refractivity contribution in [2.45, 2.75) is 25.8 Å². The van der Waals surface area contributed by atoms with Crippen LogP contribution >= 0.6 is 22.6 Å². The average molecular weight is 371 g/mol. The zero-order chi connectivity index (χ0) is 14.0. The van der Waals surface area contributed by atoms with Gasteiger partial charge in [0, 0.05) is 9.13 Å². The third-order valence-corrected chi connectivity index (χ3v) is 4.15. The molecule has 1 N–H and O–H groups in total. The highest BCUT2D eigenvalue weighted by Crippen LogP contribution is 2.21. The maximum Gasteiger partial charge on any atom is 0.346 e. The van der Waals surface area contributed by atoms with Crippen molar-refractivity contribution in [3.05, 3.63) is 33.4 Å². The molecule has 100 valence electrons. The van der Waals surface area contributed by atoms with E-state index in [-0.39, 0.29) is 5.91 Å². The van der Waals surface area contributed by atoms with E-state index in [1.54, 1.807) is 6.92 Å². The Morgan fingerprint density at radius 2 is 2.11 bits per heavy atom. The molecule has 0 bridgehead atoms. The van der Waals surface area contributed by atoms with Crippen LogP contribution in [-0.4, -0.2) is 28.7 Å². The first-order valence-corrected chi connectivity index (χ1v) is 7.01. The number of rotatable bonds is 3. The van der Waals surface area contributed by atoms with Crippen molar-refractivity contribution in [2.75, 3.05) is 0 Å². The van der Waals surface area contributed by atoms with Crippen LogP contribution in [0.25, 0.3) is 0 Å². The summed E-state index contributed by atoms with van der Waals surface area (Å²) >= 11 is 2.18. The quantitative estimate of drug-likeness (QED) is 0.504. The van der Waals surface area contributed by atoms with E-state index in [4.69, 9.17) is 0 Å². The summed E-state index contributed by atoms with van der Waals surface area (Å²) in [6.07, 6.45) is 2.06. The van der Waals surface area contributed by atoms with E-state index >= 15 is 0 Å². The molecule has 1 atom stereocenters. The van der Waals surface area contributed by atoms with Gasteiger partial charge in [0.1, 0.15) is 5.54 Å². The number of benzene rings is 1. The second kappa shape index (κ2) is 5.28. The molecule has 0 aromatic heterocycles. The maximum atomic E-state index is 12.1. The van der Waals surface area contributed by atoms with E-state index in [9.17, 15) is 9.59 Å². The molecule has 0 spiro atoms. The molecule has 3 amide bonds. The van der Waals surface area contributed by atoms with Crippen molar-refractivity contribution >= 4 is 40.7 Å². The lowest BCUT2D eigenvalue weighted by Gasteiger charge is -2.17. The SMILES string of the molecule is CC[C@]1(C)NC(=O)N(/N=C\c2ccccc2I)C1=O. The Hall–Kier alpha value is -1.44. The molecule has 1 saturated heterocycles. The number of amides is 3. The average Bonchev–Trinajstić information content (AvgIpc) is 2.61. The first-order chi connectivity index (χ1) is 8.98. The standard InChI is InChI=1S/C13H14IN3O2/c1-3-13(2)11(18)17(12(19)16-13)15-8-9-6-4-5-7-10(9)14/h4-8H,3H2,1-2H3,(H,16,19)/b15-8-/t13-/m0/s1. The largest absolute Gasteiger partial charge is 0.346 e. The van der Waals surface area contributed by atoms with Gasteiger partial charge in [0.15, 0.2) is 0 Å². The number of hydrogen-bond donors (Lipinski definition) is 1. The lowest BCUT2D eigenvalue weighted by molar-refractivity contribution is -0.130. The molecule has 1 aromatic rings. The molecule has 2 rings (SSSR count). The smallest absolute Gasteiger partial charge is 0.322 e. The summed E-state index contributed by atoms with van der Waals surface area (Å²) < 4.78 is 1.01. The molecule has 1 aromatic carbocycles. The second-order valence-electron chi connectivity index (χ2n) is 4.50. The Morgan fingerprint density at radius 1 is 1.42 bits per heavy atom. The van der Waals surface area contributed by atoms with Gasteiger partial charge in [-0.15, -0.1) is 5.01 Å². The predicted octanol–water partition coefficient (Wildman–Crippen LogP) is 2.35. The van der Waals surface area contributed by atoms with Crippen LogP contribution in [0.1, 0.15) is 25.8 Å². The lowest BCUT2D eigenvalue weighted by Crippen LogP contribution is -2.42. The van der Waals surface area contributed by atoms with Crippen molar-refractivity contribution in [2.24, 2.45) is 5.10 Å². The molecule has 6 heteroatoms. The zero-order valence-electron chi connectivity index (χ0n) is 10.7. The molecular formula is C13H14IN3O2. The summed E-state index contributed by atoms with van der Waals surface area (Å²) in [5.74, 6) is -0.317. The number of hydrazone groups is 1. The lowest BCUT2D eigenvalue weighted by atomic mass is 10.00. The molecule has 0 aliphatic carbocycles. The van der Waals surface area contributed by atoms with Gasteiger partial charge in [-0.3, -0.25) is 4.79 Å². The molecule has 1 fully saturated rings. The minimum absolute atomic E-state index is 0.317. The van der Waals surface area contributed by atoms with Crippen LogP contribution in [-0.2, 0) is 4.79 Å². The summed E-state index contributed by atoms with van der Waals surface area (Å²) in [6, 6.07) is 7.13. The maximum absolute atomic E-state index is 12.1. The molecular weight excluding hydrogens is 357 g/mol. The molecule has 0 saturated carbocycles. The van der Waals surface area contributed by atoms with Crippen LogP contribution in [0, 0.1) is 3.57 Å². The second-order valence-corrected chi connectivity index (χ2v) is 5.66. The number of carbonyl (C=O) groups is 2. The van der Waals surface area contributed by atoms with Crippen LogP contribution in [0.5, 0.6) is 0 Å². The number of halogens is 1. The molecule has 1 aliphatic rings. The number of urea groups is 1. The van der Waals surface area contributed by atoms with Crippen molar-refractivity contribution in [1.29, 1.82) is 0 Å². The van der Waals surface area contributed by atoms with Crippen LogP contribution < -0.4 is 5.32 Å². The highest BCUT2D eigenvalue weighted by Gasteiger charge is 2.46. The normalized spacial score (nSPS) is 23.2. The fourth-order valence-electron chi connectivity index (χ4n) is 1.71. The van der Waals surface area contributed by atoms with E-state index in [0.29, 0.717) is 6.42 Å². The minimum atomic E-state index is -0.849. The van der Waals surface area contributed by atoms with Gasteiger partial charge in [-0.1, -0.05) is 25.1 Å². The van der Waals surface area contributed by atoms with Crippen LogP contribution in [0.3, 0.4) is 0 Å². The molecule has 0 unspecified atom stereocenters. The van der Waals surface area contributed by atoms with Crippen molar-refractivity contribution in [3.8, 4) is 0 Å². The summed E-state index contributed by atoms with van der Waals surface area (Å²) in [4.78, 5) is 23.8. The molecule has 1 aliphatic heterocycles. The fraction of sp³-hybridized carbons (Fsp3) is 0.308. The first-order valence-electron chi connectivity index (χ1n) is 5.93. The Kier molecular flexibility index (Phi) is 3.88. The van der Waals surface area contributed by atoms with Gasteiger partial charge in [0.05, 0.1) is 6.21 Å². The van der Waals surface area contributed by atoms with E-state index < -0.39 is 11.6 Å². The van der Waals surface area contributed by atoms with Gasteiger partial charge in [-0.05, 0) is 42.0 Å². The molecule has 5 nitrogen and oxygen atoms in total. The van der Waals surface area contributed by atoms with E-state index in [1.807, 2.05) is 31.2 Å². The van der Waals surface area contributed by atoms with Gasteiger partial charge in [-0.2, -0.15) is 5.10 Å². The van der Waals surface area contributed by atoms with E-state index in [2.05, 4.69) is 33.0 Å². The number of carbonyl (C=O) groups excluding carboxylic acids is 2. The Morgan fingerprint density at radius 3 is 2.68 bits per heavy atom. The summed E-state index contributed by atoms with van der Waals surface area (Å²) in [6.45, 7) is 3.56. The van der Waals surface area contributed by atoms with Gasteiger partial charge in [-0.25, -0.2) is 4.79 Å². The zero-order valence-corrected chi connectivity index (χ0v) is 12.8. The third kappa shape index (κ3) is 2.63. The third-order valence-electron chi connectivity index (χ3n) is 3.16. The number of nitrogens with one attached hydrogen (secondary N) is 1. The van der Waals surface area contributed by atoms with Crippen LogP contribution in [0.15, 0.2) is 29.4 Å². The number of nitrogens with zero attached hydrogens (tertiary/aromatic N) is 2.